The van der Waals surface area contributed by atoms with E-state index in [0.717, 1.165) is 27.6 Å². The fourth-order valence-corrected chi connectivity index (χ4v) is 4.09. The second-order valence-electron chi connectivity index (χ2n) is 6.63. The van der Waals surface area contributed by atoms with Gasteiger partial charge in [-0.15, -0.1) is 0 Å². The number of sulfone groups is 1. The molecule has 0 spiro atoms. The number of nitrogens with zero attached hydrogens (tertiary/aromatic N) is 2. The number of rotatable bonds is 5. The molecule has 0 saturated carbocycles. The van der Waals surface area contributed by atoms with Crippen LogP contribution in [0.1, 0.15) is 16.8 Å². The Bertz CT molecular complexity index is 1120. The highest BCUT2D eigenvalue weighted by Gasteiger charge is 2.11. The lowest BCUT2D eigenvalue weighted by molar-refractivity contribution is 0.601. The van der Waals surface area contributed by atoms with Crippen molar-refractivity contribution in [2.45, 2.75) is 24.9 Å². The van der Waals surface area contributed by atoms with Gasteiger partial charge in [-0.3, -0.25) is 9.98 Å². The molecule has 3 rings (SSSR count). The number of fused-ring (bicyclic) bond motifs is 1. The zero-order valence-electron chi connectivity index (χ0n) is 16.2. The zero-order chi connectivity index (χ0) is 20.1. The average molecular weight is 397 g/mol. The minimum atomic E-state index is -3.21. The van der Waals surface area contributed by atoms with Crippen molar-refractivity contribution in [2.24, 2.45) is 4.99 Å². The first-order chi connectivity index (χ1) is 13.4. The normalized spacial score (nSPS) is 12.2. The monoisotopic (exact) mass is 396 g/mol. The average Bonchev–Trinajstić information content (AvgIpc) is 2.67. The molecule has 7 heteroatoms. The Morgan fingerprint density at radius 3 is 2.54 bits per heavy atom. The molecular weight excluding hydrogens is 372 g/mol. The molecule has 6 nitrogen and oxygen atoms in total. The van der Waals surface area contributed by atoms with Gasteiger partial charge in [0, 0.05) is 31.4 Å². The molecule has 0 unspecified atom stereocenters. The Hall–Kier alpha value is -2.93. The van der Waals surface area contributed by atoms with Crippen LogP contribution in [0.15, 0.2) is 64.6 Å². The summed E-state index contributed by atoms with van der Waals surface area (Å²) < 4.78 is 23.5. The van der Waals surface area contributed by atoms with Crippen LogP contribution in [0, 0.1) is 6.92 Å². The first kappa shape index (κ1) is 19.8. The van der Waals surface area contributed by atoms with Crippen LogP contribution < -0.4 is 10.6 Å². The van der Waals surface area contributed by atoms with Gasteiger partial charge in [0.2, 0.25) is 0 Å². The quantitative estimate of drug-likeness (QED) is 0.512. The Morgan fingerprint density at radius 1 is 1.07 bits per heavy atom. The van der Waals surface area contributed by atoms with Crippen LogP contribution in [0.5, 0.6) is 0 Å². The van der Waals surface area contributed by atoms with E-state index in [-0.39, 0.29) is 0 Å². The lowest BCUT2D eigenvalue weighted by atomic mass is 10.1. The number of aromatic nitrogens is 1. The molecule has 0 saturated heterocycles. The molecule has 0 bridgehead atoms. The Kier molecular flexibility index (Phi) is 5.94. The molecule has 0 atom stereocenters. The SMILES string of the molecule is CN=C(NCc1ccc(S(C)(=O)=O)c(C)c1)NCc1nccc2ccccc12. The number of hydrogen-bond acceptors (Lipinski definition) is 4. The van der Waals surface area contributed by atoms with E-state index in [4.69, 9.17) is 0 Å². The second kappa shape index (κ2) is 8.39. The number of guanidine groups is 1. The van der Waals surface area contributed by atoms with Crippen molar-refractivity contribution in [3.05, 3.63) is 71.5 Å². The molecule has 0 amide bonds. The number of hydrogen-bond donors (Lipinski definition) is 2. The summed E-state index contributed by atoms with van der Waals surface area (Å²) in [6.45, 7) is 2.89. The van der Waals surface area contributed by atoms with Gasteiger partial charge in [-0.2, -0.15) is 0 Å². The first-order valence-corrected chi connectivity index (χ1v) is 10.8. The third-order valence-corrected chi connectivity index (χ3v) is 5.76. The van der Waals surface area contributed by atoms with E-state index in [1.54, 1.807) is 20.0 Å². The molecule has 0 fully saturated rings. The Labute approximate surface area is 165 Å². The summed E-state index contributed by atoms with van der Waals surface area (Å²) in [5, 5.41) is 8.79. The van der Waals surface area contributed by atoms with Gasteiger partial charge >= 0.3 is 0 Å². The molecule has 3 aromatic rings. The summed E-state index contributed by atoms with van der Waals surface area (Å²) in [6, 6.07) is 15.5. The van der Waals surface area contributed by atoms with Crippen LogP contribution in [0.2, 0.25) is 0 Å². The number of nitrogens with one attached hydrogen (secondary N) is 2. The molecule has 0 aliphatic heterocycles. The maximum Gasteiger partial charge on any atom is 0.191 e. The molecule has 1 heterocycles. The van der Waals surface area contributed by atoms with Crippen LogP contribution in [0.25, 0.3) is 10.8 Å². The number of benzene rings is 2. The van der Waals surface area contributed by atoms with Gasteiger partial charge in [0.1, 0.15) is 0 Å². The van der Waals surface area contributed by atoms with Gasteiger partial charge in [-0.05, 0) is 35.6 Å². The third-order valence-electron chi connectivity index (χ3n) is 4.50. The molecule has 2 N–H and O–H groups in total. The van der Waals surface area contributed by atoms with Crippen LogP contribution in [0.4, 0.5) is 0 Å². The van der Waals surface area contributed by atoms with Crippen molar-refractivity contribution in [1.82, 2.24) is 15.6 Å². The number of aliphatic imine (C=N–C) groups is 1. The second-order valence-corrected chi connectivity index (χ2v) is 8.61. The van der Waals surface area contributed by atoms with Crippen molar-refractivity contribution in [3.8, 4) is 0 Å². The minimum absolute atomic E-state index is 0.362. The van der Waals surface area contributed by atoms with Gasteiger partial charge in [0.25, 0.3) is 0 Å². The zero-order valence-corrected chi connectivity index (χ0v) is 17.0. The molecule has 0 aliphatic rings. The van der Waals surface area contributed by atoms with Crippen LogP contribution in [0.3, 0.4) is 0 Å². The maximum atomic E-state index is 11.7. The predicted molar refractivity (Wildman–Crippen MR) is 113 cm³/mol. The highest BCUT2D eigenvalue weighted by molar-refractivity contribution is 7.90. The van der Waals surface area contributed by atoms with E-state index in [0.29, 0.717) is 23.9 Å². The maximum absolute atomic E-state index is 11.7. The molecule has 0 radical (unpaired) electrons. The van der Waals surface area contributed by atoms with Gasteiger partial charge in [-0.1, -0.05) is 36.4 Å². The highest BCUT2D eigenvalue weighted by atomic mass is 32.2. The predicted octanol–water partition coefficient (Wildman–Crippen LogP) is 2.81. The van der Waals surface area contributed by atoms with E-state index >= 15 is 0 Å². The van der Waals surface area contributed by atoms with E-state index < -0.39 is 9.84 Å². The molecule has 2 aromatic carbocycles. The largest absolute Gasteiger partial charge is 0.352 e. The fraction of sp³-hybridized carbons (Fsp3) is 0.238. The lowest BCUT2D eigenvalue weighted by Crippen LogP contribution is -2.36. The summed E-state index contributed by atoms with van der Waals surface area (Å²) in [6.07, 6.45) is 3.03. The fourth-order valence-electron chi connectivity index (χ4n) is 3.13. The smallest absolute Gasteiger partial charge is 0.191 e. The van der Waals surface area contributed by atoms with Crippen molar-refractivity contribution in [2.75, 3.05) is 13.3 Å². The number of aryl methyl sites for hydroxylation is 1. The van der Waals surface area contributed by atoms with E-state index in [1.165, 1.54) is 6.26 Å². The van der Waals surface area contributed by atoms with Crippen molar-refractivity contribution in [3.63, 3.8) is 0 Å². The van der Waals surface area contributed by atoms with Gasteiger partial charge in [0.05, 0.1) is 17.1 Å². The molecule has 1 aromatic heterocycles. The van der Waals surface area contributed by atoms with Gasteiger partial charge in [0.15, 0.2) is 15.8 Å². The minimum Gasteiger partial charge on any atom is -0.352 e. The third kappa shape index (κ3) is 4.67. The van der Waals surface area contributed by atoms with Crippen molar-refractivity contribution < 1.29 is 8.42 Å². The van der Waals surface area contributed by atoms with Crippen molar-refractivity contribution in [1.29, 1.82) is 0 Å². The van der Waals surface area contributed by atoms with Crippen molar-refractivity contribution >= 4 is 26.6 Å². The Morgan fingerprint density at radius 2 is 1.82 bits per heavy atom. The summed E-state index contributed by atoms with van der Waals surface area (Å²) in [4.78, 5) is 9.08. The van der Waals surface area contributed by atoms with E-state index in [1.807, 2.05) is 36.5 Å². The van der Waals surface area contributed by atoms with Gasteiger partial charge < -0.3 is 10.6 Å². The molecular formula is C21H24N4O2S. The molecule has 28 heavy (non-hydrogen) atoms. The Balaban J connectivity index is 1.65. The topological polar surface area (TPSA) is 83.5 Å². The van der Waals surface area contributed by atoms with E-state index in [2.05, 4.69) is 32.7 Å². The van der Waals surface area contributed by atoms with Crippen LogP contribution in [-0.2, 0) is 22.9 Å². The molecule has 0 aliphatic carbocycles. The highest BCUT2D eigenvalue weighted by Crippen LogP contribution is 2.17. The summed E-state index contributed by atoms with van der Waals surface area (Å²) in [5.74, 6) is 0.652. The standard InChI is InChI=1S/C21H24N4O2S/c1-15-12-16(8-9-20(15)28(3,26)27)13-24-21(22-2)25-14-19-18-7-5-4-6-17(18)10-11-23-19/h4-12H,13-14H2,1-3H3,(H2,22,24,25). The van der Waals surface area contributed by atoms with E-state index in [9.17, 15) is 8.42 Å². The first-order valence-electron chi connectivity index (χ1n) is 8.95. The van der Waals surface area contributed by atoms with Gasteiger partial charge in [-0.25, -0.2) is 8.42 Å². The number of pyridine rings is 1. The van der Waals surface area contributed by atoms with Crippen LogP contribution >= 0.6 is 0 Å². The van der Waals surface area contributed by atoms with Crippen LogP contribution in [-0.4, -0.2) is 32.7 Å². The summed E-state index contributed by atoms with van der Waals surface area (Å²) in [5.41, 5.74) is 2.68. The summed E-state index contributed by atoms with van der Waals surface area (Å²) in [7, 11) is -1.49. The molecule has 146 valence electrons. The summed E-state index contributed by atoms with van der Waals surface area (Å²) >= 11 is 0. The lowest BCUT2D eigenvalue weighted by Gasteiger charge is -2.13.